The Morgan fingerprint density at radius 1 is 1.35 bits per heavy atom. The molecule has 1 amide bonds. The molecule has 1 aliphatic heterocycles. The average Bonchev–Trinajstić information content (AvgIpc) is 2.49. The maximum absolute atomic E-state index is 11.2. The molecule has 4 heteroatoms. The van der Waals surface area contributed by atoms with Crippen LogP contribution in [-0.2, 0) is 4.79 Å². The highest BCUT2D eigenvalue weighted by Crippen LogP contribution is 2.27. The molecule has 1 aliphatic rings. The first-order chi connectivity index (χ1) is 9.63. The first-order valence-corrected chi connectivity index (χ1v) is 7.39. The smallest absolute Gasteiger partial charge is 0.220 e. The van der Waals surface area contributed by atoms with E-state index in [0.29, 0.717) is 0 Å². The summed E-state index contributed by atoms with van der Waals surface area (Å²) in [5.74, 6) is -0.195. The summed E-state index contributed by atoms with van der Waals surface area (Å²) < 4.78 is 0. The lowest BCUT2D eigenvalue weighted by atomic mass is 9.92. The Morgan fingerprint density at radius 3 is 2.45 bits per heavy atom. The number of hydrogen-bond acceptors (Lipinski definition) is 3. The van der Waals surface area contributed by atoms with Gasteiger partial charge in [-0.05, 0) is 37.9 Å². The first kappa shape index (κ1) is 15.0. The van der Waals surface area contributed by atoms with Gasteiger partial charge < -0.3 is 10.8 Å². The highest BCUT2D eigenvalue weighted by Gasteiger charge is 2.30. The number of rotatable bonds is 5. The third kappa shape index (κ3) is 3.38. The molecule has 4 nitrogen and oxygen atoms in total. The van der Waals surface area contributed by atoms with E-state index in [4.69, 9.17) is 5.73 Å². The summed E-state index contributed by atoms with van der Waals surface area (Å²) in [5.41, 5.74) is 6.32. The van der Waals surface area contributed by atoms with Crippen molar-refractivity contribution in [2.45, 2.75) is 38.3 Å². The summed E-state index contributed by atoms with van der Waals surface area (Å²) >= 11 is 0. The third-order valence-electron chi connectivity index (χ3n) is 4.32. The van der Waals surface area contributed by atoms with Crippen molar-refractivity contribution < 1.29 is 9.90 Å². The first-order valence-electron chi connectivity index (χ1n) is 7.39. The molecule has 2 atom stereocenters. The van der Waals surface area contributed by atoms with Gasteiger partial charge in [-0.25, -0.2) is 0 Å². The number of aliphatic hydroxyl groups is 1. The number of benzene rings is 1. The van der Waals surface area contributed by atoms with E-state index in [2.05, 4.69) is 11.8 Å². The molecule has 2 unspecified atom stereocenters. The van der Waals surface area contributed by atoms with E-state index in [-0.39, 0.29) is 17.9 Å². The quantitative estimate of drug-likeness (QED) is 0.860. The predicted molar refractivity (Wildman–Crippen MR) is 79.0 cm³/mol. The van der Waals surface area contributed by atoms with Gasteiger partial charge in [0.15, 0.2) is 0 Å². The predicted octanol–water partition coefficient (Wildman–Crippen LogP) is 1.70. The Morgan fingerprint density at radius 2 is 1.95 bits per heavy atom. The number of carbonyl (C=O) groups excluding carboxylic acids is 1. The summed E-state index contributed by atoms with van der Waals surface area (Å²) in [6.07, 6.45) is 2.00. The number of amides is 1. The standard InChI is InChI=1S/C16H24N2O2/c1-2-14(15(19)12-6-4-3-5-7-12)18-10-8-13(9-11-18)16(17)20/h3-7,13-15,19H,2,8-11H2,1H3,(H2,17,20). The van der Waals surface area contributed by atoms with Gasteiger partial charge in [0.2, 0.25) is 5.91 Å². The van der Waals surface area contributed by atoms with Crippen molar-refractivity contribution in [2.75, 3.05) is 13.1 Å². The second kappa shape index (κ2) is 6.86. The Balaban J connectivity index is 2.01. The lowest BCUT2D eigenvalue weighted by Crippen LogP contribution is -2.46. The molecular formula is C16H24N2O2. The highest BCUT2D eigenvalue weighted by atomic mass is 16.3. The monoisotopic (exact) mass is 276 g/mol. The molecular weight excluding hydrogens is 252 g/mol. The van der Waals surface area contributed by atoms with Gasteiger partial charge >= 0.3 is 0 Å². The Labute approximate surface area is 120 Å². The zero-order valence-corrected chi connectivity index (χ0v) is 12.0. The van der Waals surface area contributed by atoms with E-state index in [1.165, 1.54) is 0 Å². The molecule has 1 aromatic carbocycles. The van der Waals surface area contributed by atoms with Gasteiger partial charge in [0.25, 0.3) is 0 Å². The minimum atomic E-state index is -0.480. The van der Waals surface area contributed by atoms with Crippen LogP contribution in [0, 0.1) is 5.92 Å². The van der Waals surface area contributed by atoms with E-state index in [0.717, 1.165) is 37.9 Å². The summed E-state index contributed by atoms with van der Waals surface area (Å²) in [6.45, 7) is 3.75. The number of primary amides is 1. The van der Waals surface area contributed by atoms with Gasteiger partial charge in [0, 0.05) is 12.0 Å². The number of nitrogens with two attached hydrogens (primary N) is 1. The van der Waals surface area contributed by atoms with Crippen LogP contribution in [-0.4, -0.2) is 35.0 Å². The molecule has 0 bridgehead atoms. The van der Waals surface area contributed by atoms with Gasteiger partial charge in [0.1, 0.15) is 0 Å². The van der Waals surface area contributed by atoms with Crippen LogP contribution >= 0.6 is 0 Å². The summed E-state index contributed by atoms with van der Waals surface area (Å²) in [4.78, 5) is 13.5. The molecule has 0 saturated carbocycles. The maximum atomic E-state index is 11.2. The summed E-state index contributed by atoms with van der Waals surface area (Å²) in [6, 6.07) is 9.88. The van der Waals surface area contributed by atoms with Crippen molar-refractivity contribution in [2.24, 2.45) is 11.7 Å². The van der Waals surface area contributed by atoms with Crippen molar-refractivity contribution in [3.63, 3.8) is 0 Å². The van der Waals surface area contributed by atoms with Crippen molar-refractivity contribution in [1.29, 1.82) is 0 Å². The van der Waals surface area contributed by atoms with Gasteiger partial charge in [-0.15, -0.1) is 0 Å². The van der Waals surface area contributed by atoms with Crippen LogP contribution in [0.25, 0.3) is 0 Å². The zero-order valence-electron chi connectivity index (χ0n) is 12.0. The number of hydrogen-bond donors (Lipinski definition) is 2. The molecule has 3 N–H and O–H groups in total. The second-order valence-electron chi connectivity index (χ2n) is 5.54. The normalized spacial score (nSPS) is 20.5. The summed E-state index contributed by atoms with van der Waals surface area (Å²) in [5, 5.41) is 10.6. The van der Waals surface area contributed by atoms with Crippen LogP contribution in [0.5, 0.6) is 0 Å². The molecule has 20 heavy (non-hydrogen) atoms. The SMILES string of the molecule is CCC(C(O)c1ccccc1)N1CCC(C(N)=O)CC1. The largest absolute Gasteiger partial charge is 0.387 e. The van der Waals surface area contributed by atoms with Crippen molar-refractivity contribution in [1.82, 2.24) is 4.90 Å². The topological polar surface area (TPSA) is 66.6 Å². The van der Waals surface area contributed by atoms with E-state index in [1.54, 1.807) is 0 Å². The van der Waals surface area contributed by atoms with Gasteiger partial charge in [0.05, 0.1) is 6.10 Å². The third-order valence-corrected chi connectivity index (χ3v) is 4.32. The van der Waals surface area contributed by atoms with E-state index in [1.807, 2.05) is 30.3 Å². The molecule has 0 aliphatic carbocycles. The van der Waals surface area contributed by atoms with Gasteiger partial charge in [-0.1, -0.05) is 37.3 Å². The van der Waals surface area contributed by atoms with Crippen molar-refractivity contribution in [3.8, 4) is 0 Å². The van der Waals surface area contributed by atoms with Crippen LogP contribution in [0.2, 0.25) is 0 Å². The van der Waals surface area contributed by atoms with E-state index in [9.17, 15) is 9.90 Å². The average molecular weight is 276 g/mol. The number of nitrogens with zero attached hydrogens (tertiary/aromatic N) is 1. The Bertz CT molecular complexity index is 427. The number of piperidine rings is 1. The molecule has 1 aromatic rings. The van der Waals surface area contributed by atoms with Crippen LogP contribution in [0.3, 0.4) is 0 Å². The van der Waals surface area contributed by atoms with Gasteiger partial charge in [-0.2, -0.15) is 0 Å². The fourth-order valence-corrected chi connectivity index (χ4v) is 3.07. The summed E-state index contributed by atoms with van der Waals surface area (Å²) in [7, 11) is 0. The van der Waals surface area contributed by atoms with E-state index >= 15 is 0 Å². The van der Waals surface area contributed by atoms with Crippen LogP contribution in [0.1, 0.15) is 37.9 Å². The fraction of sp³-hybridized carbons (Fsp3) is 0.562. The minimum Gasteiger partial charge on any atom is -0.387 e. The Kier molecular flexibility index (Phi) is 5.15. The molecule has 110 valence electrons. The molecule has 0 spiro atoms. The Hall–Kier alpha value is -1.39. The lowest BCUT2D eigenvalue weighted by Gasteiger charge is -2.38. The molecule has 0 radical (unpaired) electrons. The zero-order chi connectivity index (χ0) is 14.5. The van der Waals surface area contributed by atoms with Crippen LogP contribution < -0.4 is 5.73 Å². The number of carbonyl (C=O) groups is 1. The van der Waals surface area contributed by atoms with E-state index < -0.39 is 6.10 Å². The number of likely N-dealkylation sites (tertiary alicyclic amines) is 1. The second-order valence-corrected chi connectivity index (χ2v) is 5.54. The molecule has 1 fully saturated rings. The molecule has 2 rings (SSSR count). The fourth-order valence-electron chi connectivity index (χ4n) is 3.07. The maximum Gasteiger partial charge on any atom is 0.220 e. The van der Waals surface area contributed by atoms with Crippen molar-refractivity contribution >= 4 is 5.91 Å². The van der Waals surface area contributed by atoms with Gasteiger partial charge in [-0.3, -0.25) is 9.69 Å². The lowest BCUT2D eigenvalue weighted by molar-refractivity contribution is -0.123. The molecule has 1 heterocycles. The van der Waals surface area contributed by atoms with Crippen molar-refractivity contribution in [3.05, 3.63) is 35.9 Å². The number of aliphatic hydroxyl groups excluding tert-OH is 1. The van der Waals surface area contributed by atoms with Crippen LogP contribution in [0.15, 0.2) is 30.3 Å². The molecule has 0 aromatic heterocycles. The van der Waals surface area contributed by atoms with Crippen LogP contribution in [0.4, 0.5) is 0 Å². The molecule has 1 saturated heterocycles. The minimum absolute atomic E-state index is 0.00220. The highest BCUT2D eigenvalue weighted by molar-refractivity contribution is 5.76.